The Morgan fingerprint density at radius 1 is 1.62 bits per heavy atom. The van der Waals surface area contributed by atoms with Gasteiger partial charge in [-0.25, -0.2) is 10.2 Å². The maximum atomic E-state index is 10.4. The minimum absolute atomic E-state index is 0.240. The minimum Gasteiger partial charge on any atom is -0.393 e. The Kier molecular flexibility index (Phi) is 4.49. The van der Waals surface area contributed by atoms with Crippen LogP contribution in [0.4, 0.5) is 4.79 Å². The van der Waals surface area contributed by atoms with Gasteiger partial charge in [0.1, 0.15) is 0 Å². The van der Waals surface area contributed by atoms with Gasteiger partial charge in [-0.05, 0) is 36.7 Å². The first-order chi connectivity index (χ1) is 7.50. The lowest BCUT2D eigenvalue weighted by molar-refractivity contribution is 0.0626. The quantitative estimate of drug-likeness (QED) is 0.494. The maximum Gasteiger partial charge on any atom is 0.332 e. The molecule has 1 fully saturated rings. The summed E-state index contributed by atoms with van der Waals surface area (Å²) in [5.41, 5.74) is 7.80. The number of allylic oxidation sites excluding steroid dienone is 1. The molecule has 2 amide bonds. The summed E-state index contributed by atoms with van der Waals surface area (Å²) in [5, 5.41) is 13.4. The van der Waals surface area contributed by atoms with Crippen molar-refractivity contribution < 1.29 is 9.90 Å². The number of aliphatic hydroxyl groups excluding tert-OH is 1. The first kappa shape index (κ1) is 12.7. The summed E-state index contributed by atoms with van der Waals surface area (Å²) in [6, 6.07) is -0.693. The summed E-state index contributed by atoms with van der Waals surface area (Å²) >= 11 is 0. The Morgan fingerprint density at radius 3 is 2.88 bits per heavy atom. The van der Waals surface area contributed by atoms with Gasteiger partial charge in [0.05, 0.1) is 12.3 Å². The average Bonchev–Trinajstić information content (AvgIpc) is 2.21. The monoisotopic (exact) mass is 225 g/mol. The molecule has 0 aromatic heterocycles. The number of hydrogen-bond donors (Lipinski definition) is 3. The number of hydrazone groups is 1. The van der Waals surface area contributed by atoms with Gasteiger partial charge in [0.25, 0.3) is 0 Å². The number of nitrogens with two attached hydrogens (primary N) is 1. The zero-order valence-electron chi connectivity index (χ0n) is 9.52. The van der Waals surface area contributed by atoms with Gasteiger partial charge in [0.15, 0.2) is 0 Å². The maximum absolute atomic E-state index is 10.4. The fraction of sp³-hybridized carbons (Fsp3) is 0.636. The molecule has 5 heteroatoms. The topological polar surface area (TPSA) is 87.7 Å². The van der Waals surface area contributed by atoms with Crippen LogP contribution < -0.4 is 11.2 Å². The molecule has 1 saturated carbocycles. The highest BCUT2D eigenvalue weighted by Crippen LogP contribution is 2.31. The summed E-state index contributed by atoms with van der Waals surface area (Å²) in [7, 11) is 0. The number of hydrogen-bond acceptors (Lipinski definition) is 3. The summed E-state index contributed by atoms with van der Waals surface area (Å²) in [5.74, 6) is 0.592. The number of nitrogens with zero attached hydrogens (tertiary/aromatic N) is 1. The Morgan fingerprint density at radius 2 is 2.31 bits per heavy atom. The molecule has 0 heterocycles. The van der Waals surface area contributed by atoms with Gasteiger partial charge in [-0.1, -0.05) is 13.5 Å². The highest BCUT2D eigenvalue weighted by atomic mass is 16.3. The van der Waals surface area contributed by atoms with Crippen molar-refractivity contribution in [1.29, 1.82) is 0 Å². The molecule has 0 aromatic rings. The Balaban J connectivity index is 2.43. The summed E-state index contributed by atoms with van der Waals surface area (Å²) in [6.07, 6.45) is 3.93. The molecule has 3 unspecified atom stereocenters. The van der Waals surface area contributed by atoms with Crippen molar-refractivity contribution in [3.63, 3.8) is 0 Å². The van der Waals surface area contributed by atoms with Crippen molar-refractivity contribution in [2.24, 2.45) is 22.7 Å². The van der Waals surface area contributed by atoms with Crippen molar-refractivity contribution in [1.82, 2.24) is 5.43 Å². The molecule has 0 radical (unpaired) electrons. The second-order valence-electron chi connectivity index (χ2n) is 4.36. The standard InChI is InChI=1S/C11H19N3O2/c1-7-3-4-9(5-10(7)15)8(2)6-13-14-11(12)16/h6-7,9-10,15H,2-5H2,1H3,(H3,12,14,16)/b13-6+. The van der Waals surface area contributed by atoms with Crippen LogP contribution in [0.15, 0.2) is 17.3 Å². The Hall–Kier alpha value is -1.36. The zero-order chi connectivity index (χ0) is 12.1. The molecule has 0 aliphatic heterocycles. The lowest BCUT2D eigenvalue weighted by Crippen LogP contribution is -2.29. The predicted molar refractivity (Wildman–Crippen MR) is 62.9 cm³/mol. The fourth-order valence-corrected chi connectivity index (χ4v) is 1.92. The molecule has 0 bridgehead atoms. The Bertz CT molecular complexity index is 302. The predicted octanol–water partition coefficient (Wildman–Crippen LogP) is 0.994. The number of carbonyl (C=O) groups is 1. The van der Waals surface area contributed by atoms with Gasteiger partial charge in [-0.15, -0.1) is 0 Å². The van der Waals surface area contributed by atoms with E-state index in [9.17, 15) is 9.90 Å². The smallest absolute Gasteiger partial charge is 0.332 e. The van der Waals surface area contributed by atoms with Crippen LogP contribution in [-0.4, -0.2) is 23.5 Å². The van der Waals surface area contributed by atoms with E-state index in [1.807, 2.05) is 6.92 Å². The fourth-order valence-electron chi connectivity index (χ4n) is 1.92. The van der Waals surface area contributed by atoms with Gasteiger partial charge < -0.3 is 10.8 Å². The van der Waals surface area contributed by atoms with Crippen molar-refractivity contribution in [2.45, 2.75) is 32.3 Å². The van der Waals surface area contributed by atoms with Gasteiger partial charge in [-0.2, -0.15) is 5.10 Å². The first-order valence-corrected chi connectivity index (χ1v) is 5.46. The lowest BCUT2D eigenvalue weighted by atomic mass is 9.78. The molecule has 4 N–H and O–H groups in total. The summed E-state index contributed by atoms with van der Waals surface area (Å²) in [4.78, 5) is 10.4. The number of aliphatic hydroxyl groups is 1. The largest absolute Gasteiger partial charge is 0.393 e. The van der Waals surface area contributed by atoms with Crippen LogP contribution >= 0.6 is 0 Å². The second kappa shape index (κ2) is 5.65. The molecule has 0 spiro atoms. The number of primary amides is 1. The lowest BCUT2D eigenvalue weighted by Gasteiger charge is -2.31. The summed E-state index contributed by atoms with van der Waals surface area (Å²) < 4.78 is 0. The molecular weight excluding hydrogens is 206 g/mol. The molecule has 90 valence electrons. The van der Waals surface area contributed by atoms with E-state index in [0.717, 1.165) is 18.4 Å². The van der Waals surface area contributed by atoms with Crippen molar-refractivity contribution in [3.05, 3.63) is 12.2 Å². The van der Waals surface area contributed by atoms with E-state index >= 15 is 0 Å². The highest BCUT2D eigenvalue weighted by molar-refractivity contribution is 5.80. The van der Waals surface area contributed by atoms with E-state index in [-0.39, 0.29) is 12.0 Å². The van der Waals surface area contributed by atoms with Crippen LogP contribution in [0.3, 0.4) is 0 Å². The third kappa shape index (κ3) is 3.66. The van der Waals surface area contributed by atoms with E-state index in [1.165, 1.54) is 6.21 Å². The third-order valence-electron chi connectivity index (χ3n) is 3.08. The highest BCUT2D eigenvalue weighted by Gasteiger charge is 2.26. The number of amides is 2. The molecule has 3 atom stereocenters. The van der Waals surface area contributed by atoms with Crippen molar-refractivity contribution in [3.8, 4) is 0 Å². The van der Waals surface area contributed by atoms with Crippen molar-refractivity contribution >= 4 is 12.2 Å². The molecule has 0 aromatic carbocycles. The number of carbonyl (C=O) groups excluding carboxylic acids is 1. The molecule has 16 heavy (non-hydrogen) atoms. The van der Waals surface area contributed by atoms with Crippen LogP contribution in [0.1, 0.15) is 26.2 Å². The van der Waals surface area contributed by atoms with Crippen molar-refractivity contribution in [2.75, 3.05) is 0 Å². The van der Waals surface area contributed by atoms with Gasteiger partial charge in [0.2, 0.25) is 0 Å². The molecule has 5 nitrogen and oxygen atoms in total. The second-order valence-corrected chi connectivity index (χ2v) is 4.36. The van der Waals surface area contributed by atoms with E-state index in [2.05, 4.69) is 17.1 Å². The zero-order valence-corrected chi connectivity index (χ0v) is 9.52. The van der Waals surface area contributed by atoms with E-state index in [1.54, 1.807) is 0 Å². The van der Waals surface area contributed by atoms with E-state index in [0.29, 0.717) is 12.3 Å². The van der Waals surface area contributed by atoms with E-state index < -0.39 is 6.03 Å². The van der Waals surface area contributed by atoms with Crippen LogP contribution in [0.25, 0.3) is 0 Å². The van der Waals surface area contributed by atoms with Gasteiger partial charge >= 0.3 is 6.03 Å². The molecule has 0 saturated heterocycles. The number of nitrogens with one attached hydrogen (secondary N) is 1. The van der Waals surface area contributed by atoms with Crippen LogP contribution in [0.2, 0.25) is 0 Å². The SMILES string of the molecule is C=C(/C=N/NC(N)=O)C1CCC(C)C(O)C1. The third-order valence-corrected chi connectivity index (χ3v) is 3.08. The minimum atomic E-state index is -0.693. The first-order valence-electron chi connectivity index (χ1n) is 5.46. The van der Waals surface area contributed by atoms with Gasteiger partial charge in [-0.3, -0.25) is 0 Å². The average molecular weight is 225 g/mol. The van der Waals surface area contributed by atoms with Crippen LogP contribution in [0, 0.1) is 11.8 Å². The normalized spacial score (nSPS) is 30.2. The van der Waals surface area contributed by atoms with Crippen LogP contribution in [-0.2, 0) is 0 Å². The van der Waals surface area contributed by atoms with E-state index in [4.69, 9.17) is 5.73 Å². The summed E-state index contributed by atoms with van der Waals surface area (Å²) in [6.45, 7) is 5.93. The molecule has 1 aliphatic carbocycles. The Labute approximate surface area is 95.4 Å². The number of urea groups is 1. The van der Waals surface area contributed by atoms with Crippen LogP contribution in [0.5, 0.6) is 0 Å². The number of rotatable bonds is 3. The molecule has 1 rings (SSSR count). The molecular formula is C11H19N3O2. The molecule has 1 aliphatic rings. The van der Waals surface area contributed by atoms with Gasteiger partial charge in [0, 0.05) is 0 Å².